The van der Waals surface area contributed by atoms with Gasteiger partial charge in [-0.25, -0.2) is 5.43 Å². The lowest BCUT2D eigenvalue weighted by Crippen LogP contribution is -2.28. The van der Waals surface area contributed by atoms with Gasteiger partial charge in [0.2, 0.25) is 5.12 Å². The van der Waals surface area contributed by atoms with Gasteiger partial charge < -0.3 is 4.90 Å². The zero-order chi connectivity index (χ0) is 16.2. The molecule has 116 valence electrons. The van der Waals surface area contributed by atoms with Crippen LogP contribution in [0.25, 0.3) is 0 Å². The summed E-state index contributed by atoms with van der Waals surface area (Å²) in [4.78, 5) is 25.6. The first-order chi connectivity index (χ1) is 11.1. The first kappa shape index (κ1) is 15.8. The monoisotopic (exact) mass is 389 g/mol. The topological polar surface area (TPSA) is 61.8 Å². The largest absolute Gasteiger partial charge is 0.311 e. The predicted octanol–water partition coefficient (Wildman–Crippen LogP) is 3.23. The van der Waals surface area contributed by atoms with E-state index in [1.807, 2.05) is 36.4 Å². The Hall–Kier alpha value is -2.12. The van der Waals surface area contributed by atoms with Crippen LogP contribution in [0, 0.1) is 0 Å². The highest BCUT2D eigenvalue weighted by atomic mass is 79.9. The molecule has 1 heterocycles. The number of hydrogen-bond donors (Lipinski definition) is 1. The van der Waals surface area contributed by atoms with Gasteiger partial charge in [-0.2, -0.15) is 0 Å². The van der Waals surface area contributed by atoms with Gasteiger partial charge in [0.05, 0.1) is 6.54 Å². The van der Waals surface area contributed by atoms with E-state index in [1.54, 1.807) is 23.1 Å². The Morgan fingerprint density at radius 1 is 1.17 bits per heavy atom. The normalized spacial score (nSPS) is 16.0. The second-order valence-electron chi connectivity index (χ2n) is 4.74. The number of amidine groups is 1. The van der Waals surface area contributed by atoms with Crippen molar-refractivity contribution >= 4 is 49.6 Å². The van der Waals surface area contributed by atoms with Gasteiger partial charge in [-0.05, 0) is 42.1 Å². The third-order valence-electron chi connectivity index (χ3n) is 3.13. The quantitative estimate of drug-likeness (QED) is 0.818. The summed E-state index contributed by atoms with van der Waals surface area (Å²) >= 11 is 4.34. The van der Waals surface area contributed by atoms with E-state index in [9.17, 15) is 9.59 Å². The molecule has 3 rings (SSSR count). The van der Waals surface area contributed by atoms with Gasteiger partial charge in [0.1, 0.15) is 0 Å². The minimum absolute atomic E-state index is 0.00990. The summed E-state index contributed by atoms with van der Waals surface area (Å²) in [5.74, 6) is -0.327. The molecule has 0 atom stereocenters. The number of hydrazone groups is 1. The summed E-state index contributed by atoms with van der Waals surface area (Å²) in [5, 5.41) is 4.56. The van der Waals surface area contributed by atoms with Gasteiger partial charge in [-0.15, -0.1) is 5.10 Å². The average molecular weight is 390 g/mol. The van der Waals surface area contributed by atoms with Crippen molar-refractivity contribution in [2.75, 3.05) is 11.4 Å². The molecule has 1 fully saturated rings. The van der Waals surface area contributed by atoms with Crippen LogP contribution in [0.3, 0.4) is 0 Å². The minimum Gasteiger partial charge on any atom is -0.311 e. The lowest BCUT2D eigenvalue weighted by molar-refractivity contribution is -0.109. The molecular formula is C16H12BrN3O2S. The summed E-state index contributed by atoms with van der Waals surface area (Å²) < 4.78 is 0.814. The molecule has 0 spiro atoms. The number of amides is 1. The molecule has 1 aliphatic rings. The van der Waals surface area contributed by atoms with Gasteiger partial charge >= 0.3 is 0 Å². The zero-order valence-corrected chi connectivity index (χ0v) is 14.3. The molecule has 1 saturated heterocycles. The second-order valence-corrected chi connectivity index (χ2v) is 6.68. The van der Waals surface area contributed by atoms with Crippen LogP contribution in [-0.2, 0) is 4.79 Å². The van der Waals surface area contributed by atoms with Gasteiger partial charge in [0, 0.05) is 15.7 Å². The highest BCUT2D eigenvalue weighted by Crippen LogP contribution is 2.26. The molecular weight excluding hydrogens is 378 g/mol. The molecule has 0 unspecified atom stereocenters. The van der Waals surface area contributed by atoms with E-state index in [0.717, 1.165) is 21.9 Å². The molecule has 0 saturated carbocycles. The Morgan fingerprint density at radius 3 is 2.70 bits per heavy atom. The van der Waals surface area contributed by atoms with Crippen molar-refractivity contribution in [1.29, 1.82) is 0 Å². The number of rotatable bonds is 3. The Bertz CT molecular complexity index is 780. The number of thioether (sulfide) groups is 1. The highest BCUT2D eigenvalue weighted by Gasteiger charge is 2.28. The van der Waals surface area contributed by atoms with Crippen molar-refractivity contribution < 1.29 is 9.59 Å². The van der Waals surface area contributed by atoms with Crippen LogP contribution in [0.1, 0.15) is 10.4 Å². The molecule has 1 aliphatic heterocycles. The highest BCUT2D eigenvalue weighted by molar-refractivity contribution is 9.10. The third-order valence-corrected chi connectivity index (χ3v) is 4.48. The number of para-hydroxylation sites is 1. The Labute approximate surface area is 145 Å². The van der Waals surface area contributed by atoms with E-state index in [1.165, 1.54) is 0 Å². The molecule has 0 aromatic heterocycles. The maximum absolute atomic E-state index is 12.1. The fourth-order valence-corrected chi connectivity index (χ4v) is 3.24. The SMILES string of the molecule is O=C1CN(c2ccccc2)/C(=N\NC(=O)c2cccc(Br)c2)S1. The van der Waals surface area contributed by atoms with Crippen LogP contribution in [0.2, 0.25) is 0 Å². The van der Waals surface area contributed by atoms with Gasteiger partial charge in [-0.1, -0.05) is 40.2 Å². The number of hydrogen-bond acceptors (Lipinski definition) is 4. The van der Waals surface area contributed by atoms with Gasteiger partial charge in [0.25, 0.3) is 5.91 Å². The minimum atomic E-state index is -0.327. The molecule has 2 aromatic carbocycles. The van der Waals surface area contributed by atoms with E-state index in [0.29, 0.717) is 10.7 Å². The molecule has 0 bridgehead atoms. The summed E-state index contributed by atoms with van der Waals surface area (Å²) in [7, 11) is 0. The maximum atomic E-state index is 12.1. The van der Waals surface area contributed by atoms with Crippen molar-refractivity contribution in [3.05, 3.63) is 64.6 Å². The van der Waals surface area contributed by atoms with Crippen molar-refractivity contribution in [1.82, 2.24) is 5.43 Å². The molecule has 0 aliphatic carbocycles. The summed E-state index contributed by atoms with van der Waals surface area (Å²) in [6.07, 6.45) is 0. The van der Waals surface area contributed by atoms with E-state index in [4.69, 9.17) is 0 Å². The van der Waals surface area contributed by atoms with E-state index in [2.05, 4.69) is 26.5 Å². The van der Waals surface area contributed by atoms with Crippen LogP contribution in [-0.4, -0.2) is 22.7 Å². The first-order valence-corrected chi connectivity index (χ1v) is 8.41. The molecule has 2 aromatic rings. The second kappa shape index (κ2) is 6.97. The maximum Gasteiger partial charge on any atom is 0.271 e. The number of nitrogens with one attached hydrogen (secondary N) is 1. The summed E-state index contributed by atoms with van der Waals surface area (Å²) in [6.45, 7) is 0.236. The fraction of sp³-hybridized carbons (Fsp3) is 0.0625. The smallest absolute Gasteiger partial charge is 0.271 e. The van der Waals surface area contributed by atoms with Gasteiger partial charge in [0.15, 0.2) is 5.17 Å². The first-order valence-electron chi connectivity index (χ1n) is 6.80. The Morgan fingerprint density at radius 2 is 1.96 bits per heavy atom. The number of carbonyl (C=O) groups excluding carboxylic acids is 2. The number of nitrogens with zero attached hydrogens (tertiary/aromatic N) is 2. The molecule has 23 heavy (non-hydrogen) atoms. The number of carbonyl (C=O) groups is 2. The Balaban J connectivity index is 1.78. The molecule has 0 radical (unpaired) electrons. The molecule has 1 N–H and O–H groups in total. The average Bonchev–Trinajstić information content (AvgIpc) is 2.94. The predicted molar refractivity (Wildman–Crippen MR) is 95.4 cm³/mol. The van der Waals surface area contributed by atoms with Crippen LogP contribution in [0.4, 0.5) is 5.69 Å². The lowest BCUT2D eigenvalue weighted by atomic mass is 10.2. The number of halogens is 1. The van der Waals surface area contributed by atoms with Gasteiger partial charge in [-0.3, -0.25) is 9.59 Å². The fourth-order valence-electron chi connectivity index (χ4n) is 2.07. The lowest BCUT2D eigenvalue weighted by Gasteiger charge is -2.16. The standard InChI is InChI=1S/C16H12BrN3O2S/c17-12-6-4-5-11(9-12)15(22)18-19-16-20(10-14(21)23-16)13-7-2-1-3-8-13/h1-9H,10H2,(H,18,22)/b19-16+. The van der Waals surface area contributed by atoms with Crippen LogP contribution in [0.15, 0.2) is 64.2 Å². The van der Waals surface area contributed by atoms with Crippen molar-refractivity contribution in [3.8, 4) is 0 Å². The number of anilines is 1. The van der Waals surface area contributed by atoms with Crippen LogP contribution in [0.5, 0.6) is 0 Å². The van der Waals surface area contributed by atoms with E-state index in [-0.39, 0.29) is 17.6 Å². The molecule has 5 nitrogen and oxygen atoms in total. The summed E-state index contributed by atoms with van der Waals surface area (Å²) in [6, 6.07) is 16.5. The molecule has 7 heteroatoms. The third kappa shape index (κ3) is 3.80. The van der Waals surface area contributed by atoms with Crippen LogP contribution < -0.4 is 10.3 Å². The summed E-state index contributed by atoms with van der Waals surface area (Å²) in [5.41, 5.74) is 3.85. The van der Waals surface area contributed by atoms with Crippen molar-refractivity contribution in [2.45, 2.75) is 0 Å². The van der Waals surface area contributed by atoms with E-state index >= 15 is 0 Å². The van der Waals surface area contributed by atoms with Crippen molar-refractivity contribution in [3.63, 3.8) is 0 Å². The zero-order valence-electron chi connectivity index (χ0n) is 11.9. The van der Waals surface area contributed by atoms with Crippen LogP contribution >= 0.6 is 27.7 Å². The Kier molecular flexibility index (Phi) is 4.78. The molecule has 1 amide bonds. The number of benzene rings is 2. The van der Waals surface area contributed by atoms with Crippen molar-refractivity contribution in [2.24, 2.45) is 5.10 Å². The van der Waals surface area contributed by atoms with E-state index < -0.39 is 0 Å².